The van der Waals surface area contributed by atoms with Crippen LogP contribution >= 0.6 is 0 Å². The molecule has 0 aliphatic carbocycles. The molecule has 0 saturated carbocycles. The summed E-state index contributed by atoms with van der Waals surface area (Å²) in [6, 6.07) is 0. The average Bonchev–Trinajstić information content (AvgIpc) is 2.27. The van der Waals surface area contributed by atoms with Crippen LogP contribution in [0.2, 0.25) is 0 Å². The van der Waals surface area contributed by atoms with Gasteiger partial charge in [0, 0.05) is 13.2 Å². The summed E-state index contributed by atoms with van der Waals surface area (Å²) < 4.78 is 43.9. The summed E-state index contributed by atoms with van der Waals surface area (Å²) in [5.74, 6) is 4.36. The monoisotopic (exact) mass is 278 g/mol. The summed E-state index contributed by atoms with van der Waals surface area (Å²) in [6.45, 7) is 0.410. The Hall–Kier alpha value is -0.700. The number of ether oxygens (including phenoxy) is 1. The van der Waals surface area contributed by atoms with Gasteiger partial charge in [-0.3, -0.25) is 0 Å². The van der Waals surface area contributed by atoms with Crippen molar-refractivity contribution >= 4 is 22.2 Å². The topological polar surface area (TPSA) is 83.8 Å². The maximum absolute atomic E-state index is 10.7. The molecule has 4 atom stereocenters. The van der Waals surface area contributed by atoms with E-state index in [9.17, 15) is 8.42 Å². The Labute approximate surface area is 106 Å². The van der Waals surface area contributed by atoms with Crippen molar-refractivity contribution < 1.29 is 22.3 Å². The van der Waals surface area contributed by atoms with E-state index in [1.54, 1.807) is 0 Å². The highest BCUT2D eigenvalue weighted by molar-refractivity contribution is 7.80. The van der Waals surface area contributed by atoms with Crippen LogP contribution in [0.5, 0.6) is 0 Å². The van der Waals surface area contributed by atoms with Gasteiger partial charge in [-0.15, -0.1) is 12.8 Å². The molecule has 7 heteroatoms. The van der Waals surface area contributed by atoms with E-state index in [0.717, 1.165) is 0 Å². The Bertz CT molecular complexity index is 321. The highest BCUT2D eigenvalue weighted by Gasteiger charge is 2.13. The van der Waals surface area contributed by atoms with Crippen molar-refractivity contribution in [1.29, 1.82) is 0 Å². The summed E-state index contributed by atoms with van der Waals surface area (Å²) in [5.41, 5.74) is 0. The standard InChI is InChI=1S/C10H14O5S2/c1-3-9(16(11)12)5-7-15-8-6-10(4-2)17(13)14/h1-2,9-10H,5-8H2,(H,11,12)(H,13,14). The first kappa shape index (κ1) is 16.3. The fourth-order valence-electron chi connectivity index (χ4n) is 0.968. The van der Waals surface area contributed by atoms with Crippen molar-refractivity contribution in [3.05, 3.63) is 0 Å². The maximum atomic E-state index is 10.7. The second-order valence-electron chi connectivity index (χ2n) is 3.05. The van der Waals surface area contributed by atoms with Gasteiger partial charge in [0.25, 0.3) is 0 Å². The van der Waals surface area contributed by atoms with Gasteiger partial charge >= 0.3 is 0 Å². The molecular weight excluding hydrogens is 264 g/mol. The third kappa shape index (κ3) is 7.27. The third-order valence-corrected chi connectivity index (χ3v) is 3.62. The van der Waals surface area contributed by atoms with Crippen LogP contribution in [0.4, 0.5) is 0 Å². The highest BCUT2D eigenvalue weighted by atomic mass is 32.2. The van der Waals surface area contributed by atoms with Crippen LogP contribution in [0.15, 0.2) is 0 Å². The van der Waals surface area contributed by atoms with Crippen LogP contribution in [0, 0.1) is 24.7 Å². The lowest BCUT2D eigenvalue weighted by atomic mass is 10.3. The minimum Gasteiger partial charge on any atom is -0.381 e. The van der Waals surface area contributed by atoms with Gasteiger partial charge in [0.05, 0.1) is 0 Å². The Balaban J connectivity index is 3.73. The van der Waals surface area contributed by atoms with Crippen molar-refractivity contribution in [1.82, 2.24) is 0 Å². The molecular formula is C10H14O5S2. The fraction of sp³-hybridized carbons (Fsp3) is 0.600. The molecule has 2 N–H and O–H groups in total. The van der Waals surface area contributed by atoms with Gasteiger partial charge in [0.1, 0.15) is 10.5 Å². The molecule has 0 aromatic heterocycles. The molecule has 0 heterocycles. The van der Waals surface area contributed by atoms with Crippen molar-refractivity contribution in [2.75, 3.05) is 13.2 Å². The van der Waals surface area contributed by atoms with E-state index in [1.807, 2.05) is 0 Å². The van der Waals surface area contributed by atoms with Crippen LogP contribution in [0.1, 0.15) is 12.8 Å². The molecule has 0 spiro atoms. The predicted molar refractivity (Wildman–Crippen MR) is 66.8 cm³/mol. The SMILES string of the molecule is C#CC(CCOCCC(C#C)S(=O)O)S(=O)O. The van der Waals surface area contributed by atoms with Gasteiger partial charge < -0.3 is 13.8 Å². The summed E-state index contributed by atoms with van der Waals surface area (Å²) in [7, 11) is 0. The lowest BCUT2D eigenvalue weighted by Crippen LogP contribution is -2.17. The maximum Gasteiger partial charge on any atom is 0.168 e. The van der Waals surface area contributed by atoms with Crippen LogP contribution in [-0.4, -0.2) is 41.2 Å². The van der Waals surface area contributed by atoms with E-state index in [2.05, 4.69) is 11.8 Å². The molecule has 5 nitrogen and oxygen atoms in total. The molecule has 0 aliphatic heterocycles. The molecule has 0 saturated heterocycles. The van der Waals surface area contributed by atoms with Gasteiger partial charge in [-0.25, -0.2) is 8.42 Å². The number of hydrogen-bond acceptors (Lipinski definition) is 3. The molecule has 0 aromatic rings. The first-order valence-electron chi connectivity index (χ1n) is 4.72. The van der Waals surface area contributed by atoms with E-state index in [4.69, 9.17) is 26.7 Å². The smallest absolute Gasteiger partial charge is 0.168 e. The largest absolute Gasteiger partial charge is 0.381 e. The summed E-state index contributed by atoms with van der Waals surface area (Å²) >= 11 is -4.13. The van der Waals surface area contributed by atoms with Crippen molar-refractivity contribution in [2.24, 2.45) is 0 Å². The molecule has 0 aromatic carbocycles. The summed E-state index contributed by atoms with van der Waals surface area (Å²) in [4.78, 5) is 0. The normalized spacial score (nSPS) is 17.4. The van der Waals surface area contributed by atoms with Crippen LogP contribution in [0.25, 0.3) is 0 Å². The summed E-state index contributed by atoms with van der Waals surface area (Å²) in [5, 5.41) is -1.52. The molecule has 0 fully saturated rings. The first-order valence-corrected chi connectivity index (χ1v) is 7.06. The van der Waals surface area contributed by atoms with Gasteiger partial charge in [-0.1, -0.05) is 11.8 Å². The van der Waals surface area contributed by atoms with E-state index >= 15 is 0 Å². The summed E-state index contributed by atoms with van der Waals surface area (Å²) in [6.07, 6.45) is 10.6. The predicted octanol–water partition coefficient (Wildman–Crippen LogP) is 0.230. The van der Waals surface area contributed by atoms with Crippen LogP contribution in [-0.2, 0) is 26.9 Å². The first-order chi connectivity index (χ1) is 8.02. The Kier molecular flexibility index (Phi) is 8.96. The molecule has 0 rings (SSSR count). The fourth-order valence-corrected chi connectivity index (χ4v) is 1.80. The molecule has 0 bridgehead atoms. The Morgan fingerprint density at radius 2 is 1.35 bits per heavy atom. The van der Waals surface area contributed by atoms with Gasteiger partial charge in [-0.05, 0) is 12.8 Å². The minimum absolute atomic E-state index is 0.205. The zero-order valence-corrected chi connectivity index (χ0v) is 10.7. The van der Waals surface area contributed by atoms with Crippen molar-refractivity contribution in [3.63, 3.8) is 0 Å². The molecule has 0 radical (unpaired) electrons. The minimum atomic E-state index is -2.06. The average molecular weight is 278 g/mol. The van der Waals surface area contributed by atoms with Crippen molar-refractivity contribution in [3.8, 4) is 24.7 Å². The lowest BCUT2D eigenvalue weighted by Gasteiger charge is -2.08. The number of rotatable bonds is 8. The quantitative estimate of drug-likeness (QED) is 0.377. The Morgan fingerprint density at radius 1 is 1.00 bits per heavy atom. The molecule has 0 aliphatic rings. The molecule has 17 heavy (non-hydrogen) atoms. The van der Waals surface area contributed by atoms with Crippen LogP contribution < -0.4 is 0 Å². The van der Waals surface area contributed by atoms with E-state index in [0.29, 0.717) is 0 Å². The second-order valence-corrected chi connectivity index (χ2v) is 5.30. The van der Waals surface area contributed by atoms with E-state index in [-0.39, 0.29) is 26.1 Å². The van der Waals surface area contributed by atoms with Crippen LogP contribution in [0.3, 0.4) is 0 Å². The number of terminal acetylenes is 2. The lowest BCUT2D eigenvalue weighted by molar-refractivity contribution is 0.132. The van der Waals surface area contributed by atoms with E-state index in [1.165, 1.54) is 0 Å². The third-order valence-electron chi connectivity index (χ3n) is 1.91. The Morgan fingerprint density at radius 3 is 1.59 bits per heavy atom. The van der Waals surface area contributed by atoms with Crippen molar-refractivity contribution in [2.45, 2.75) is 23.3 Å². The van der Waals surface area contributed by atoms with E-state index < -0.39 is 32.7 Å². The molecule has 96 valence electrons. The highest BCUT2D eigenvalue weighted by Crippen LogP contribution is 2.02. The van der Waals surface area contributed by atoms with Gasteiger partial charge in [0.2, 0.25) is 0 Å². The molecule has 4 unspecified atom stereocenters. The molecule has 0 amide bonds. The second kappa shape index (κ2) is 9.34. The van der Waals surface area contributed by atoms with Gasteiger partial charge in [-0.2, -0.15) is 0 Å². The zero-order chi connectivity index (χ0) is 13.3. The van der Waals surface area contributed by atoms with Gasteiger partial charge in [0.15, 0.2) is 22.2 Å². The zero-order valence-electron chi connectivity index (χ0n) is 9.07. The number of hydrogen-bond donors (Lipinski definition) is 2.